The van der Waals surface area contributed by atoms with Crippen molar-refractivity contribution in [2.75, 3.05) is 9.80 Å². The molecule has 0 fully saturated rings. The van der Waals surface area contributed by atoms with E-state index in [1.807, 2.05) is 31.2 Å². The highest BCUT2D eigenvalue weighted by Gasteiger charge is 2.51. The Hall–Kier alpha value is -8.08. The van der Waals surface area contributed by atoms with Crippen molar-refractivity contribution >= 4 is 67.0 Å². The van der Waals surface area contributed by atoms with E-state index in [0.29, 0.717) is 0 Å². The third kappa shape index (κ3) is 4.83. The Morgan fingerprint density at radius 3 is 1.53 bits per heavy atom. The van der Waals surface area contributed by atoms with Gasteiger partial charge in [-0.1, -0.05) is 133 Å². The number of furan rings is 2. The Labute approximate surface area is 359 Å². The predicted octanol–water partition coefficient (Wildman–Crippen LogP) is 15.9. The molecule has 9 aromatic carbocycles. The molecular weight excluding hydrogens is 757 g/mol. The summed E-state index contributed by atoms with van der Waals surface area (Å²) in [5.41, 5.74) is 18.8. The monoisotopic (exact) mass is 794 g/mol. The number of nitrogens with zero attached hydrogens (tertiary/aromatic N) is 2. The van der Waals surface area contributed by atoms with E-state index >= 15 is 0 Å². The summed E-state index contributed by atoms with van der Waals surface area (Å²) in [6.45, 7) is 2.05. The first-order chi connectivity index (χ1) is 30.7. The normalized spacial score (nSPS) is 13.3. The molecule has 1 aliphatic heterocycles. The highest BCUT2D eigenvalue weighted by atomic mass is 16.3. The first-order valence-electron chi connectivity index (χ1n) is 21.3. The highest BCUT2D eigenvalue weighted by molar-refractivity contribution is 6.06. The molecule has 0 amide bonds. The van der Waals surface area contributed by atoms with Gasteiger partial charge in [-0.25, -0.2) is 0 Å². The molecule has 0 N–H and O–H groups in total. The van der Waals surface area contributed by atoms with Crippen LogP contribution < -0.4 is 9.80 Å². The van der Waals surface area contributed by atoms with Gasteiger partial charge in [0.25, 0.3) is 0 Å². The lowest BCUT2D eigenvalue weighted by molar-refractivity contribution is 0.580. The second kappa shape index (κ2) is 13.2. The highest BCUT2D eigenvalue weighted by Crippen LogP contribution is 2.63. The Kier molecular flexibility index (Phi) is 7.40. The van der Waals surface area contributed by atoms with E-state index in [0.717, 1.165) is 72.5 Å². The van der Waals surface area contributed by atoms with Gasteiger partial charge in [0.1, 0.15) is 22.5 Å². The zero-order valence-corrected chi connectivity index (χ0v) is 33.9. The lowest BCUT2D eigenvalue weighted by Crippen LogP contribution is -2.36. The van der Waals surface area contributed by atoms with Crippen LogP contribution in [0.3, 0.4) is 0 Å². The second-order valence-corrected chi connectivity index (χ2v) is 16.4. The van der Waals surface area contributed by atoms with Crippen molar-refractivity contribution < 1.29 is 8.83 Å². The molecule has 0 saturated carbocycles. The molecule has 3 heterocycles. The minimum Gasteiger partial charge on any atom is -0.461 e. The van der Waals surface area contributed by atoms with Crippen molar-refractivity contribution in [3.05, 3.63) is 240 Å². The lowest BCUT2D eigenvalue weighted by atomic mass is 9.64. The molecule has 1 spiro atoms. The number of aryl methyl sites for hydroxylation is 1. The SMILES string of the molecule is Cc1oc2ccccc2c1-c1ccc(N(c2ccc(N3c4ccccc4C4(c5ccccc5-c5ccccc54)c4ccccc43)cc2)c2ccc3c(c2)oc2ccccc23)cc1. The van der Waals surface area contributed by atoms with E-state index in [4.69, 9.17) is 8.83 Å². The van der Waals surface area contributed by atoms with Crippen molar-refractivity contribution in [2.45, 2.75) is 12.3 Å². The quantitative estimate of drug-likeness (QED) is 0.174. The number of rotatable bonds is 5. The summed E-state index contributed by atoms with van der Waals surface area (Å²) in [5.74, 6) is 0.912. The summed E-state index contributed by atoms with van der Waals surface area (Å²) in [7, 11) is 0. The van der Waals surface area contributed by atoms with Crippen LogP contribution >= 0.6 is 0 Å². The fourth-order valence-corrected chi connectivity index (χ4v) is 10.7. The summed E-state index contributed by atoms with van der Waals surface area (Å²) in [6.07, 6.45) is 0. The smallest absolute Gasteiger partial charge is 0.137 e. The van der Waals surface area contributed by atoms with Crippen molar-refractivity contribution in [3.63, 3.8) is 0 Å². The van der Waals surface area contributed by atoms with Crippen LogP contribution in [0.2, 0.25) is 0 Å². The maximum absolute atomic E-state index is 6.44. The van der Waals surface area contributed by atoms with Crippen LogP contribution in [0.1, 0.15) is 28.0 Å². The summed E-state index contributed by atoms with van der Waals surface area (Å²) < 4.78 is 12.6. The van der Waals surface area contributed by atoms with Gasteiger partial charge in [0, 0.05) is 50.5 Å². The minimum absolute atomic E-state index is 0.448. The van der Waals surface area contributed by atoms with E-state index in [2.05, 4.69) is 198 Å². The molecule has 0 atom stereocenters. The van der Waals surface area contributed by atoms with E-state index in [9.17, 15) is 0 Å². The predicted molar refractivity (Wildman–Crippen MR) is 254 cm³/mol. The molecule has 13 rings (SSSR count). The number of hydrogen-bond donors (Lipinski definition) is 0. The van der Waals surface area contributed by atoms with Gasteiger partial charge in [-0.15, -0.1) is 0 Å². The van der Waals surface area contributed by atoms with Crippen LogP contribution in [0.15, 0.2) is 221 Å². The molecule has 292 valence electrons. The third-order valence-corrected chi connectivity index (χ3v) is 13.2. The maximum Gasteiger partial charge on any atom is 0.137 e. The Morgan fingerprint density at radius 2 is 0.887 bits per heavy atom. The molecule has 2 aromatic heterocycles. The van der Waals surface area contributed by atoms with Gasteiger partial charge < -0.3 is 18.6 Å². The number of fused-ring (bicyclic) bond motifs is 13. The minimum atomic E-state index is -0.448. The van der Waals surface area contributed by atoms with Crippen LogP contribution in [0.25, 0.3) is 55.2 Å². The van der Waals surface area contributed by atoms with Crippen LogP contribution in [0, 0.1) is 6.92 Å². The zero-order chi connectivity index (χ0) is 40.9. The fourth-order valence-electron chi connectivity index (χ4n) is 10.7. The first kappa shape index (κ1) is 34.8. The maximum atomic E-state index is 6.44. The van der Waals surface area contributed by atoms with Crippen LogP contribution in [0.4, 0.5) is 34.1 Å². The van der Waals surface area contributed by atoms with Crippen molar-refractivity contribution in [2.24, 2.45) is 0 Å². The lowest BCUT2D eigenvalue weighted by Gasteiger charge is -2.45. The Balaban J connectivity index is 0.956. The van der Waals surface area contributed by atoms with Crippen LogP contribution in [-0.2, 0) is 5.41 Å². The first-order valence-corrected chi connectivity index (χ1v) is 21.3. The topological polar surface area (TPSA) is 32.8 Å². The molecule has 2 aliphatic rings. The summed E-state index contributed by atoms with van der Waals surface area (Å²) in [6, 6.07) is 76.8. The molecule has 4 nitrogen and oxygen atoms in total. The molecule has 4 heteroatoms. The summed E-state index contributed by atoms with van der Waals surface area (Å²) >= 11 is 0. The summed E-state index contributed by atoms with van der Waals surface area (Å²) in [4.78, 5) is 4.76. The van der Waals surface area contributed by atoms with E-state index in [1.165, 1.54) is 44.8 Å². The molecule has 1 aliphatic carbocycles. The molecule has 11 aromatic rings. The molecule has 62 heavy (non-hydrogen) atoms. The molecule has 0 radical (unpaired) electrons. The van der Waals surface area contributed by atoms with Gasteiger partial charge >= 0.3 is 0 Å². The number of hydrogen-bond acceptors (Lipinski definition) is 4. The largest absolute Gasteiger partial charge is 0.461 e. The zero-order valence-electron chi connectivity index (χ0n) is 33.9. The van der Waals surface area contributed by atoms with Gasteiger partial charge in [0.15, 0.2) is 0 Å². The number of para-hydroxylation sites is 4. The van der Waals surface area contributed by atoms with Crippen LogP contribution in [-0.4, -0.2) is 0 Å². The number of benzene rings is 9. The summed E-state index contributed by atoms with van der Waals surface area (Å²) in [5, 5.41) is 3.34. The van der Waals surface area contributed by atoms with Crippen molar-refractivity contribution in [3.8, 4) is 22.3 Å². The average Bonchev–Trinajstić information content (AvgIpc) is 3.97. The fraction of sp³-hybridized carbons (Fsp3) is 0.0345. The Bertz CT molecular complexity index is 3460. The molecule has 0 unspecified atom stereocenters. The van der Waals surface area contributed by atoms with Gasteiger partial charge in [-0.05, 0) is 119 Å². The molecular formula is C58H38N2O2. The van der Waals surface area contributed by atoms with Gasteiger partial charge in [-0.3, -0.25) is 0 Å². The van der Waals surface area contributed by atoms with E-state index < -0.39 is 5.41 Å². The van der Waals surface area contributed by atoms with Gasteiger partial charge in [0.05, 0.1) is 16.8 Å². The van der Waals surface area contributed by atoms with E-state index in [-0.39, 0.29) is 0 Å². The van der Waals surface area contributed by atoms with Crippen molar-refractivity contribution in [1.82, 2.24) is 0 Å². The standard InChI is InChI=1S/C58H38N2O2/c1-37-57(47-17-5-13-25-55(47)61-37)38-26-28-39(29-27-38)59(42-34-35-46-45-16-4-12-24-54(45)62-56(46)36-42)40-30-32-41(33-31-40)60-52-22-10-8-20-50(52)58(51-21-9-11-23-53(51)60)48-18-6-2-14-43(48)44-15-3-7-19-49(44)58/h2-36H,1H3. The number of anilines is 6. The Morgan fingerprint density at radius 1 is 0.403 bits per heavy atom. The van der Waals surface area contributed by atoms with Crippen molar-refractivity contribution in [1.29, 1.82) is 0 Å². The van der Waals surface area contributed by atoms with Gasteiger partial charge in [0.2, 0.25) is 0 Å². The van der Waals surface area contributed by atoms with E-state index in [1.54, 1.807) is 0 Å². The second-order valence-electron chi connectivity index (χ2n) is 16.4. The van der Waals surface area contributed by atoms with Crippen LogP contribution in [0.5, 0.6) is 0 Å². The van der Waals surface area contributed by atoms with Gasteiger partial charge in [-0.2, -0.15) is 0 Å². The molecule has 0 saturated heterocycles. The molecule has 0 bridgehead atoms. The average molecular weight is 795 g/mol. The third-order valence-electron chi connectivity index (χ3n) is 13.2.